The maximum Gasteiger partial charge on any atom is 0.168 e. The van der Waals surface area contributed by atoms with Crippen molar-refractivity contribution in [3.05, 3.63) is 18.3 Å². The number of aliphatic hydroxyl groups is 1. The van der Waals surface area contributed by atoms with E-state index < -0.39 is 6.10 Å². The van der Waals surface area contributed by atoms with Gasteiger partial charge in [0, 0.05) is 19.9 Å². The molecule has 0 radical (unpaired) electrons. The molecule has 0 spiro atoms. The highest BCUT2D eigenvalue weighted by Crippen LogP contribution is 2.21. The van der Waals surface area contributed by atoms with Crippen molar-refractivity contribution in [3.8, 4) is 5.75 Å². The lowest BCUT2D eigenvalue weighted by Gasteiger charge is -2.15. The van der Waals surface area contributed by atoms with Gasteiger partial charge in [0.1, 0.15) is 0 Å². The molecule has 0 fully saturated rings. The molecule has 1 aromatic rings. The third-order valence-corrected chi connectivity index (χ3v) is 2.26. The Labute approximate surface area is 108 Å². The highest BCUT2D eigenvalue weighted by molar-refractivity contribution is 5.49. The highest BCUT2D eigenvalue weighted by atomic mass is 16.5. The van der Waals surface area contributed by atoms with E-state index >= 15 is 0 Å². The van der Waals surface area contributed by atoms with E-state index in [1.165, 1.54) is 0 Å². The maximum atomic E-state index is 9.53. The summed E-state index contributed by atoms with van der Waals surface area (Å²) >= 11 is 0. The second-order valence-electron chi connectivity index (χ2n) is 4.34. The monoisotopic (exact) mass is 254 g/mol. The molecule has 1 heterocycles. The number of methoxy groups -OCH3 is 1. The number of hydrogen-bond acceptors (Lipinski definition) is 5. The maximum absolute atomic E-state index is 9.53. The molecule has 0 saturated heterocycles. The summed E-state index contributed by atoms with van der Waals surface area (Å²) in [6, 6.07) is 3.71. The Morgan fingerprint density at radius 3 is 2.89 bits per heavy atom. The Kier molecular flexibility index (Phi) is 6.46. The molecule has 0 aliphatic carbocycles. The largest absolute Gasteiger partial charge is 0.487 e. The van der Waals surface area contributed by atoms with Crippen LogP contribution in [-0.4, -0.2) is 42.6 Å². The van der Waals surface area contributed by atoms with E-state index in [9.17, 15) is 5.11 Å². The van der Waals surface area contributed by atoms with Crippen LogP contribution in [0, 0.1) is 0 Å². The van der Waals surface area contributed by atoms with E-state index in [2.05, 4.69) is 10.3 Å². The molecule has 0 aliphatic heterocycles. The zero-order chi connectivity index (χ0) is 13.4. The predicted molar refractivity (Wildman–Crippen MR) is 71.0 cm³/mol. The molecule has 0 aromatic carbocycles. The van der Waals surface area contributed by atoms with Crippen LogP contribution >= 0.6 is 0 Å². The van der Waals surface area contributed by atoms with Gasteiger partial charge in [0.15, 0.2) is 11.6 Å². The Morgan fingerprint density at radius 1 is 1.44 bits per heavy atom. The van der Waals surface area contributed by atoms with E-state index in [-0.39, 0.29) is 6.10 Å². The average Bonchev–Trinajstić information content (AvgIpc) is 2.31. The Hall–Kier alpha value is -1.33. The number of pyridine rings is 1. The summed E-state index contributed by atoms with van der Waals surface area (Å²) in [5.74, 6) is 1.43. The van der Waals surface area contributed by atoms with E-state index in [0.717, 1.165) is 5.75 Å². The first kappa shape index (κ1) is 14.7. The van der Waals surface area contributed by atoms with E-state index in [0.29, 0.717) is 25.4 Å². The van der Waals surface area contributed by atoms with Crippen LogP contribution in [0.25, 0.3) is 0 Å². The smallest absolute Gasteiger partial charge is 0.168 e. The second-order valence-corrected chi connectivity index (χ2v) is 4.34. The van der Waals surface area contributed by atoms with Gasteiger partial charge in [-0.2, -0.15) is 0 Å². The third-order valence-electron chi connectivity index (χ3n) is 2.26. The van der Waals surface area contributed by atoms with Gasteiger partial charge in [-0.1, -0.05) is 0 Å². The van der Waals surface area contributed by atoms with Crippen LogP contribution < -0.4 is 10.1 Å². The topological polar surface area (TPSA) is 63.6 Å². The molecular formula is C13H22N2O3. The Bertz CT molecular complexity index is 345. The molecule has 1 aromatic heterocycles. The van der Waals surface area contributed by atoms with Gasteiger partial charge < -0.3 is 19.9 Å². The standard InChI is InChI=1S/C13H22N2O3/c1-10(2)18-12-5-4-7-14-13(12)15-8-6-11(16)9-17-3/h4-5,7,10-11,16H,6,8-9H2,1-3H3,(H,14,15). The second kappa shape index (κ2) is 7.89. The van der Waals surface area contributed by atoms with Crippen molar-refractivity contribution in [1.29, 1.82) is 0 Å². The predicted octanol–water partition coefficient (Wildman–Crippen LogP) is 1.68. The molecule has 18 heavy (non-hydrogen) atoms. The van der Waals surface area contributed by atoms with Gasteiger partial charge in [-0.25, -0.2) is 4.98 Å². The van der Waals surface area contributed by atoms with Crippen molar-refractivity contribution in [1.82, 2.24) is 4.98 Å². The lowest BCUT2D eigenvalue weighted by molar-refractivity contribution is 0.0615. The van der Waals surface area contributed by atoms with Crippen molar-refractivity contribution >= 4 is 5.82 Å². The van der Waals surface area contributed by atoms with Gasteiger partial charge in [0.2, 0.25) is 0 Å². The lowest BCUT2D eigenvalue weighted by atomic mass is 10.2. The van der Waals surface area contributed by atoms with Gasteiger partial charge in [0.25, 0.3) is 0 Å². The molecule has 1 atom stereocenters. The van der Waals surface area contributed by atoms with Crippen LogP contribution in [0.4, 0.5) is 5.82 Å². The number of anilines is 1. The number of nitrogens with one attached hydrogen (secondary N) is 1. The molecule has 1 rings (SSSR count). The Morgan fingerprint density at radius 2 is 2.22 bits per heavy atom. The molecule has 0 aliphatic rings. The zero-order valence-corrected chi connectivity index (χ0v) is 11.2. The van der Waals surface area contributed by atoms with Gasteiger partial charge >= 0.3 is 0 Å². The minimum Gasteiger partial charge on any atom is -0.487 e. The lowest BCUT2D eigenvalue weighted by Crippen LogP contribution is -2.19. The quantitative estimate of drug-likeness (QED) is 0.739. The molecule has 0 amide bonds. The van der Waals surface area contributed by atoms with Crippen LogP contribution in [0.2, 0.25) is 0 Å². The van der Waals surface area contributed by atoms with E-state index in [4.69, 9.17) is 9.47 Å². The van der Waals surface area contributed by atoms with Crippen LogP contribution in [0.3, 0.4) is 0 Å². The van der Waals surface area contributed by atoms with Crippen LogP contribution in [0.1, 0.15) is 20.3 Å². The van der Waals surface area contributed by atoms with E-state index in [1.54, 1.807) is 13.3 Å². The van der Waals surface area contributed by atoms with Crippen molar-refractivity contribution in [2.45, 2.75) is 32.5 Å². The normalized spacial score (nSPS) is 12.5. The van der Waals surface area contributed by atoms with Crippen LogP contribution in [0.5, 0.6) is 5.75 Å². The minimum atomic E-state index is -0.458. The third kappa shape index (κ3) is 5.33. The summed E-state index contributed by atoms with van der Waals surface area (Å²) in [7, 11) is 1.57. The first-order valence-electron chi connectivity index (χ1n) is 6.16. The van der Waals surface area contributed by atoms with Gasteiger partial charge in [0.05, 0.1) is 18.8 Å². The van der Waals surface area contributed by atoms with Crippen molar-refractivity contribution in [2.75, 3.05) is 25.6 Å². The minimum absolute atomic E-state index is 0.105. The SMILES string of the molecule is COCC(O)CCNc1ncccc1OC(C)C. The molecular weight excluding hydrogens is 232 g/mol. The molecule has 102 valence electrons. The fourth-order valence-corrected chi connectivity index (χ4v) is 1.51. The van der Waals surface area contributed by atoms with Gasteiger partial charge in [-0.3, -0.25) is 0 Å². The zero-order valence-electron chi connectivity index (χ0n) is 11.2. The number of aliphatic hydroxyl groups excluding tert-OH is 1. The first-order chi connectivity index (χ1) is 8.63. The van der Waals surface area contributed by atoms with Crippen molar-refractivity contribution in [2.24, 2.45) is 0 Å². The van der Waals surface area contributed by atoms with Crippen molar-refractivity contribution < 1.29 is 14.6 Å². The molecule has 1 unspecified atom stereocenters. The molecule has 5 heteroatoms. The highest BCUT2D eigenvalue weighted by Gasteiger charge is 2.07. The number of ether oxygens (including phenoxy) is 2. The molecule has 0 saturated carbocycles. The number of nitrogens with zero attached hydrogens (tertiary/aromatic N) is 1. The van der Waals surface area contributed by atoms with E-state index in [1.807, 2.05) is 26.0 Å². The van der Waals surface area contributed by atoms with Crippen LogP contribution in [-0.2, 0) is 4.74 Å². The summed E-state index contributed by atoms with van der Waals surface area (Å²) in [5, 5.41) is 12.7. The number of hydrogen-bond donors (Lipinski definition) is 2. The molecule has 0 bridgehead atoms. The summed E-state index contributed by atoms with van der Waals surface area (Å²) in [6.07, 6.45) is 1.96. The van der Waals surface area contributed by atoms with Gasteiger partial charge in [-0.05, 0) is 32.4 Å². The fourth-order valence-electron chi connectivity index (χ4n) is 1.51. The van der Waals surface area contributed by atoms with Gasteiger partial charge in [-0.15, -0.1) is 0 Å². The van der Waals surface area contributed by atoms with Crippen molar-refractivity contribution in [3.63, 3.8) is 0 Å². The number of rotatable bonds is 8. The summed E-state index contributed by atoms with van der Waals surface area (Å²) in [6.45, 7) is 4.91. The fraction of sp³-hybridized carbons (Fsp3) is 0.615. The Balaban J connectivity index is 2.46. The summed E-state index contributed by atoms with van der Waals surface area (Å²) in [5.41, 5.74) is 0. The number of aromatic nitrogens is 1. The molecule has 2 N–H and O–H groups in total. The average molecular weight is 254 g/mol. The summed E-state index contributed by atoms with van der Waals surface area (Å²) < 4.78 is 10.5. The first-order valence-corrected chi connectivity index (χ1v) is 6.16. The molecule has 5 nitrogen and oxygen atoms in total. The summed E-state index contributed by atoms with van der Waals surface area (Å²) in [4.78, 5) is 4.23. The van der Waals surface area contributed by atoms with Crippen LogP contribution in [0.15, 0.2) is 18.3 Å².